The number of piperidine rings is 1. The summed E-state index contributed by atoms with van der Waals surface area (Å²) in [5, 5.41) is 2.36. The summed E-state index contributed by atoms with van der Waals surface area (Å²) < 4.78 is 0. The number of benzene rings is 2. The molecule has 0 aromatic heterocycles. The van der Waals surface area contributed by atoms with Crippen LogP contribution in [0.4, 0.5) is 0 Å². The van der Waals surface area contributed by atoms with Gasteiger partial charge in [-0.3, -0.25) is 24.6 Å². The predicted octanol–water partition coefficient (Wildman–Crippen LogP) is 4.81. The fourth-order valence-electron chi connectivity index (χ4n) is 5.43. The molecule has 2 aromatic rings. The van der Waals surface area contributed by atoms with E-state index >= 15 is 0 Å². The fourth-order valence-corrected chi connectivity index (χ4v) is 5.43. The van der Waals surface area contributed by atoms with Crippen LogP contribution in [0.25, 0.3) is 0 Å². The molecule has 4 rings (SSSR count). The van der Waals surface area contributed by atoms with Crippen molar-refractivity contribution in [2.75, 3.05) is 13.1 Å². The van der Waals surface area contributed by atoms with E-state index in [2.05, 4.69) is 61.3 Å². The van der Waals surface area contributed by atoms with Gasteiger partial charge >= 0.3 is 0 Å². The maximum absolute atomic E-state index is 12.9. The van der Waals surface area contributed by atoms with Crippen LogP contribution in [0.3, 0.4) is 0 Å². The van der Waals surface area contributed by atoms with Crippen molar-refractivity contribution in [1.29, 1.82) is 0 Å². The minimum absolute atomic E-state index is 0.108. The molecule has 6 nitrogen and oxygen atoms in total. The Morgan fingerprint density at radius 3 is 2.58 bits per heavy atom. The van der Waals surface area contributed by atoms with Gasteiger partial charge in [0, 0.05) is 25.1 Å². The van der Waals surface area contributed by atoms with E-state index in [1.54, 1.807) is 4.90 Å². The summed E-state index contributed by atoms with van der Waals surface area (Å²) in [6, 6.07) is 14.6. The second kappa shape index (κ2) is 11.8. The van der Waals surface area contributed by atoms with Gasteiger partial charge in [-0.1, -0.05) is 63.6 Å². The number of imide groups is 1. The lowest BCUT2D eigenvalue weighted by molar-refractivity contribution is -0.136. The second-order valence-corrected chi connectivity index (χ2v) is 10.2. The smallest absolute Gasteiger partial charge is 0.255 e. The zero-order valence-corrected chi connectivity index (χ0v) is 21.9. The van der Waals surface area contributed by atoms with Gasteiger partial charge in [-0.25, -0.2) is 0 Å². The molecule has 0 saturated carbocycles. The lowest BCUT2D eigenvalue weighted by Crippen LogP contribution is -2.52. The van der Waals surface area contributed by atoms with Crippen molar-refractivity contribution in [2.45, 2.75) is 84.3 Å². The van der Waals surface area contributed by atoms with Gasteiger partial charge in [-0.2, -0.15) is 0 Å². The Morgan fingerprint density at radius 1 is 1.03 bits per heavy atom. The molecule has 36 heavy (non-hydrogen) atoms. The average Bonchev–Trinajstić information content (AvgIpc) is 3.20. The standard InChI is InChI=1S/C30H39N3O3/c1-4-32(5-2)19-23-11-8-12-24(18-23)21(3)9-6-7-10-22-13-14-26-25(17-22)20-33(30(26)36)27-15-16-28(34)31-29(27)35/h8,11-14,17-18,21,27H,4-7,9-10,15-16,19-20H2,1-3H3,(H,31,34,35). The van der Waals surface area contributed by atoms with Crippen molar-refractivity contribution >= 4 is 17.7 Å². The Labute approximate surface area is 215 Å². The average molecular weight is 490 g/mol. The first-order valence-corrected chi connectivity index (χ1v) is 13.5. The molecule has 6 heteroatoms. The van der Waals surface area contributed by atoms with Crippen LogP contribution < -0.4 is 5.32 Å². The zero-order chi connectivity index (χ0) is 25.7. The number of carbonyl (C=O) groups is 3. The molecule has 2 heterocycles. The van der Waals surface area contributed by atoms with Crippen LogP contribution in [0.1, 0.15) is 91.4 Å². The fraction of sp³-hybridized carbons (Fsp3) is 0.500. The van der Waals surface area contributed by atoms with Crippen molar-refractivity contribution in [2.24, 2.45) is 0 Å². The Morgan fingerprint density at radius 2 is 1.83 bits per heavy atom. The van der Waals surface area contributed by atoms with E-state index in [9.17, 15) is 14.4 Å². The third-order valence-corrected chi connectivity index (χ3v) is 7.76. The highest BCUT2D eigenvalue weighted by molar-refractivity contribution is 6.05. The molecule has 0 aliphatic carbocycles. The Balaban J connectivity index is 1.27. The summed E-state index contributed by atoms with van der Waals surface area (Å²) in [7, 11) is 0. The van der Waals surface area contributed by atoms with Gasteiger partial charge in [0.1, 0.15) is 6.04 Å². The predicted molar refractivity (Wildman–Crippen MR) is 142 cm³/mol. The molecule has 2 unspecified atom stereocenters. The monoisotopic (exact) mass is 489 g/mol. The van der Waals surface area contributed by atoms with E-state index in [1.165, 1.54) is 16.7 Å². The lowest BCUT2D eigenvalue weighted by atomic mass is 9.93. The molecule has 1 fully saturated rings. The Hall–Kier alpha value is -2.99. The quantitative estimate of drug-likeness (QED) is 0.363. The van der Waals surface area contributed by atoms with Crippen LogP contribution in [0.2, 0.25) is 0 Å². The first-order valence-electron chi connectivity index (χ1n) is 13.5. The van der Waals surface area contributed by atoms with Crippen LogP contribution >= 0.6 is 0 Å². The molecule has 2 aliphatic heterocycles. The molecule has 0 bridgehead atoms. The topological polar surface area (TPSA) is 69.7 Å². The van der Waals surface area contributed by atoms with Crippen molar-refractivity contribution in [1.82, 2.24) is 15.1 Å². The van der Waals surface area contributed by atoms with Crippen LogP contribution in [-0.2, 0) is 29.1 Å². The molecule has 2 aromatic carbocycles. The van der Waals surface area contributed by atoms with Crippen LogP contribution in [0.5, 0.6) is 0 Å². The molecule has 2 atom stereocenters. The van der Waals surface area contributed by atoms with Crippen LogP contribution in [0, 0.1) is 0 Å². The van der Waals surface area contributed by atoms with Gasteiger partial charge in [-0.05, 0) is 73.0 Å². The van der Waals surface area contributed by atoms with E-state index in [1.807, 2.05) is 12.1 Å². The summed E-state index contributed by atoms with van der Waals surface area (Å²) in [5.41, 5.74) is 5.72. The minimum Gasteiger partial charge on any atom is -0.322 e. The normalized spacial score (nSPS) is 18.5. The second-order valence-electron chi connectivity index (χ2n) is 10.2. The molecule has 3 amide bonds. The number of carbonyl (C=O) groups excluding carboxylic acids is 3. The largest absolute Gasteiger partial charge is 0.322 e. The highest BCUT2D eigenvalue weighted by Gasteiger charge is 2.39. The van der Waals surface area contributed by atoms with Crippen LogP contribution in [0.15, 0.2) is 42.5 Å². The van der Waals surface area contributed by atoms with E-state index in [-0.39, 0.29) is 24.1 Å². The van der Waals surface area contributed by atoms with Gasteiger partial charge < -0.3 is 4.90 Å². The van der Waals surface area contributed by atoms with Crippen molar-refractivity contribution in [3.63, 3.8) is 0 Å². The van der Waals surface area contributed by atoms with Gasteiger partial charge in [0.25, 0.3) is 5.91 Å². The maximum atomic E-state index is 12.9. The van der Waals surface area contributed by atoms with Crippen LogP contribution in [-0.4, -0.2) is 46.7 Å². The Bertz CT molecular complexity index is 1110. The third kappa shape index (κ3) is 6.04. The summed E-state index contributed by atoms with van der Waals surface area (Å²) in [4.78, 5) is 40.7. The number of aryl methyl sites for hydroxylation is 1. The summed E-state index contributed by atoms with van der Waals surface area (Å²) in [5.74, 6) is -0.200. The highest BCUT2D eigenvalue weighted by Crippen LogP contribution is 2.29. The summed E-state index contributed by atoms with van der Waals surface area (Å²) >= 11 is 0. The van der Waals surface area contributed by atoms with E-state index in [0.29, 0.717) is 24.4 Å². The number of fused-ring (bicyclic) bond motifs is 1. The van der Waals surface area contributed by atoms with Gasteiger partial charge in [0.15, 0.2) is 0 Å². The number of nitrogens with one attached hydrogen (secondary N) is 1. The molecule has 0 spiro atoms. The molecular weight excluding hydrogens is 450 g/mol. The molecule has 0 radical (unpaired) electrons. The third-order valence-electron chi connectivity index (χ3n) is 7.76. The lowest BCUT2D eigenvalue weighted by Gasteiger charge is -2.29. The number of hydrogen-bond acceptors (Lipinski definition) is 4. The van der Waals surface area contributed by atoms with Crippen molar-refractivity contribution < 1.29 is 14.4 Å². The van der Waals surface area contributed by atoms with Crippen molar-refractivity contribution in [3.8, 4) is 0 Å². The minimum atomic E-state index is -0.557. The number of hydrogen-bond donors (Lipinski definition) is 1. The van der Waals surface area contributed by atoms with Gasteiger partial charge in [-0.15, -0.1) is 0 Å². The van der Waals surface area contributed by atoms with Crippen molar-refractivity contribution in [3.05, 3.63) is 70.3 Å². The molecule has 1 N–H and O–H groups in total. The molecule has 2 aliphatic rings. The van der Waals surface area contributed by atoms with E-state index < -0.39 is 6.04 Å². The van der Waals surface area contributed by atoms with Gasteiger partial charge in [0.05, 0.1) is 0 Å². The highest BCUT2D eigenvalue weighted by atomic mass is 16.2. The maximum Gasteiger partial charge on any atom is 0.255 e. The number of rotatable bonds is 11. The number of unbranched alkanes of at least 4 members (excludes halogenated alkanes) is 1. The number of amides is 3. The van der Waals surface area contributed by atoms with E-state index in [0.717, 1.165) is 50.9 Å². The summed E-state index contributed by atoms with van der Waals surface area (Å²) in [6.07, 6.45) is 5.07. The Kier molecular flexibility index (Phi) is 8.57. The first-order chi connectivity index (χ1) is 17.4. The summed E-state index contributed by atoms with van der Waals surface area (Å²) in [6.45, 7) is 10.3. The van der Waals surface area contributed by atoms with Gasteiger partial charge in [0.2, 0.25) is 11.8 Å². The number of nitrogens with zero attached hydrogens (tertiary/aromatic N) is 2. The molecule has 192 valence electrons. The SMILES string of the molecule is CCN(CC)Cc1cccc(C(C)CCCCc2ccc3c(c2)CN(C2CCC(=O)NC2=O)C3=O)c1. The van der Waals surface area contributed by atoms with E-state index in [4.69, 9.17) is 0 Å². The molecular formula is C30H39N3O3. The molecule has 1 saturated heterocycles. The zero-order valence-electron chi connectivity index (χ0n) is 21.9. The first kappa shape index (κ1) is 26.1.